The van der Waals surface area contributed by atoms with E-state index in [9.17, 15) is 13.6 Å². The molecular formula is C49H46ClF2N3O4. The van der Waals surface area contributed by atoms with Crippen molar-refractivity contribution in [2.24, 2.45) is 0 Å². The Kier molecular flexibility index (Phi) is 12.6. The number of hydrogen-bond donors (Lipinski definition) is 2. The molecule has 0 spiro atoms. The molecule has 0 aliphatic heterocycles. The first-order chi connectivity index (χ1) is 28.9. The van der Waals surface area contributed by atoms with Crippen LogP contribution in [0.2, 0.25) is 5.02 Å². The van der Waals surface area contributed by atoms with Crippen molar-refractivity contribution in [3.05, 3.63) is 153 Å². The van der Waals surface area contributed by atoms with Crippen LogP contribution >= 0.6 is 11.6 Å². The van der Waals surface area contributed by atoms with Crippen LogP contribution in [-0.2, 0) is 22.3 Å². The average molecular weight is 814 g/mol. The molecule has 2 aromatic heterocycles. The highest BCUT2D eigenvalue weighted by Crippen LogP contribution is 2.39. The van der Waals surface area contributed by atoms with Gasteiger partial charge in [0.1, 0.15) is 24.0 Å². The molecule has 1 aliphatic carbocycles. The number of fused-ring (bicyclic) bond motifs is 1. The molecule has 59 heavy (non-hydrogen) atoms. The second kappa shape index (κ2) is 18.5. The molecule has 0 unspecified atom stereocenters. The molecule has 0 saturated carbocycles. The highest BCUT2D eigenvalue weighted by molar-refractivity contribution is 6.32. The van der Waals surface area contributed by atoms with Crippen LogP contribution in [0.4, 0.5) is 8.78 Å². The molecule has 5 aromatic carbocycles. The molecule has 1 aliphatic rings. The molecule has 0 atom stereocenters. The van der Waals surface area contributed by atoms with Crippen LogP contribution in [0, 0.1) is 11.6 Å². The zero-order valence-electron chi connectivity index (χ0n) is 33.0. The number of aromatic nitrogens is 3. The van der Waals surface area contributed by atoms with Crippen molar-refractivity contribution in [2.45, 2.75) is 51.9 Å². The van der Waals surface area contributed by atoms with Crippen LogP contribution in [0.5, 0.6) is 5.75 Å². The lowest BCUT2D eigenvalue weighted by Crippen LogP contribution is -2.11. The number of nitrogens with one attached hydrogen (secondary N) is 2. The molecule has 7 aromatic rings. The van der Waals surface area contributed by atoms with E-state index in [1.54, 1.807) is 12.3 Å². The van der Waals surface area contributed by atoms with Crippen LogP contribution < -0.4 is 4.74 Å². The van der Waals surface area contributed by atoms with Gasteiger partial charge in [0.2, 0.25) is 0 Å². The maximum absolute atomic E-state index is 14.3. The minimum absolute atomic E-state index is 0.0125. The maximum Gasteiger partial charge on any atom is 0.163 e. The van der Waals surface area contributed by atoms with Gasteiger partial charge in [-0.15, -0.1) is 0 Å². The summed E-state index contributed by atoms with van der Waals surface area (Å²) in [6.45, 7) is 4.60. The number of rotatable bonds is 17. The molecular weight excluding hydrogens is 768 g/mol. The van der Waals surface area contributed by atoms with E-state index in [1.165, 1.54) is 29.8 Å². The zero-order valence-corrected chi connectivity index (χ0v) is 33.8. The van der Waals surface area contributed by atoms with E-state index < -0.39 is 0 Å². The van der Waals surface area contributed by atoms with Crippen molar-refractivity contribution < 1.29 is 27.8 Å². The summed E-state index contributed by atoms with van der Waals surface area (Å²) < 4.78 is 45.9. The summed E-state index contributed by atoms with van der Waals surface area (Å²) in [5, 5.41) is 9.43. The number of ether oxygens (including phenoxy) is 3. The molecule has 10 heteroatoms. The number of H-pyrrole nitrogens is 2. The van der Waals surface area contributed by atoms with E-state index >= 15 is 0 Å². The quantitative estimate of drug-likeness (QED) is 0.0706. The molecule has 2 N–H and O–H groups in total. The first-order valence-electron chi connectivity index (χ1n) is 20.3. The van der Waals surface area contributed by atoms with E-state index in [1.807, 2.05) is 30.3 Å². The number of carbonyl (C=O) groups excluding carboxylic acids is 1. The Hall–Kier alpha value is -5.61. The monoisotopic (exact) mass is 813 g/mol. The second-order valence-electron chi connectivity index (χ2n) is 14.9. The number of halogens is 3. The molecule has 2 heterocycles. The van der Waals surface area contributed by atoms with Gasteiger partial charge in [0.05, 0.1) is 36.6 Å². The summed E-state index contributed by atoms with van der Waals surface area (Å²) in [7, 11) is 0. The van der Waals surface area contributed by atoms with Gasteiger partial charge in [-0.05, 0) is 132 Å². The number of aryl methyl sites for hydroxylation is 2. The topological polar surface area (TPSA) is 89.2 Å². The van der Waals surface area contributed by atoms with Crippen molar-refractivity contribution >= 4 is 50.3 Å². The molecule has 7 nitrogen and oxygen atoms in total. The number of nitrogens with zero attached hydrogens (tertiary/aromatic N) is 1. The predicted octanol–water partition coefficient (Wildman–Crippen LogP) is 12.0. The van der Waals surface area contributed by atoms with Crippen molar-refractivity contribution in [1.29, 1.82) is 0 Å². The van der Waals surface area contributed by atoms with Crippen LogP contribution in [0.25, 0.3) is 44.2 Å². The van der Waals surface area contributed by atoms with Crippen LogP contribution in [0.15, 0.2) is 103 Å². The number of benzene rings is 5. The highest BCUT2D eigenvalue weighted by atomic mass is 35.5. The molecule has 0 amide bonds. The van der Waals surface area contributed by atoms with Gasteiger partial charge in [-0.3, -0.25) is 9.89 Å². The van der Waals surface area contributed by atoms with E-state index in [0.29, 0.717) is 62.0 Å². The predicted molar refractivity (Wildman–Crippen MR) is 231 cm³/mol. The van der Waals surface area contributed by atoms with Crippen molar-refractivity contribution in [2.75, 3.05) is 33.0 Å². The van der Waals surface area contributed by atoms with Crippen molar-refractivity contribution in [3.8, 4) is 17.0 Å². The summed E-state index contributed by atoms with van der Waals surface area (Å²) in [5.41, 5.74) is 11.3. The molecule has 0 saturated heterocycles. The molecule has 0 radical (unpaired) electrons. The third kappa shape index (κ3) is 9.18. The van der Waals surface area contributed by atoms with Crippen LogP contribution in [0.3, 0.4) is 0 Å². The van der Waals surface area contributed by atoms with Gasteiger partial charge in [0.25, 0.3) is 0 Å². The molecule has 0 fully saturated rings. The minimum Gasteiger partial charge on any atom is -0.491 e. The van der Waals surface area contributed by atoms with E-state index in [2.05, 4.69) is 58.5 Å². The summed E-state index contributed by atoms with van der Waals surface area (Å²) in [4.78, 5) is 16.0. The fourth-order valence-electron chi connectivity index (χ4n) is 8.12. The third-order valence-corrected chi connectivity index (χ3v) is 11.3. The van der Waals surface area contributed by atoms with Gasteiger partial charge < -0.3 is 19.2 Å². The Balaban J connectivity index is 0.769. The lowest BCUT2D eigenvalue weighted by atomic mass is 9.87. The fourth-order valence-corrected chi connectivity index (χ4v) is 8.40. The smallest absolute Gasteiger partial charge is 0.163 e. The molecule has 0 bridgehead atoms. The Morgan fingerprint density at radius 2 is 1.56 bits per heavy atom. The Bertz CT molecular complexity index is 2610. The SMILES string of the molecule is CC/C(=C(/c1ccc(OCCOCCOCCCCc2ccc(-c3[nH]c4cc(F)cc5c4c3CCCC5=O)cc2)cc1)c1ccc2[nH]ncc2c1)c1ccc(F)cc1Cl. The Morgan fingerprint density at radius 1 is 0.780 bits per heavy atom. The van der Waals surface area contributed by atoms with Crippen molar-refractivity contribution in [3.63, 3.8) is 0 Å². The highest BCUT2D eigenvalue weighted by Gasteiger charge is 2.24. The van der Waals surface area contributed by atoms with Crippen LogP contribution in [0.1, 0.15) is 77.2 Å². The lowest BCUT2D eigenvalue weighted by molar-refractivity contribution is 0.0353. The van der Waals surface area contributed by atoms with Crippen LogP contribution in [-0.4, -0.2) is 54.0 Å². The van der Waals surface area contributed by atoms with E-state index in [-0.39, 0.29) is 17.4 Å². The Labute approximate surface area is 347 Å². The first kappa shape index (κ1) is 40.2. The number of ketones is 1. The number of aromatic amines is 2. The molecule has 302 valence electrons. The van der Waals surface area contributed by atoms with E-state index in [4.69, 9.17) is 25.8 Å². The minimum atomic E-state index is -0.387. The van der Waals surface area contributed by atoms with Gasteiger partial charge in [-0.2, -0.15) is 5.10 Å². The van der Waals surface area contributed by atoms with Gasteiger partial charge in [-0.1, -0.05) is 67.1 Å². The van der Waals surface area contributed by atoms with Gasteiger partial charge in [0.15, 0.2) is 5.78 Å². The molecule has 8 rings (SSSR count). The van der Waals surface area contributed by atoms with Gasteiger partial charge in [-0.25, -0.2) is 8.78 Å². The maximum atomic E-state index is 14.3. The fraction of sp³-hybridized carbons (Fsp3) is 0.265. The average Bonchev–Trinajstić information content (AvgIpc) is 3.82. The second-order valence-corrected chi connectivity index (χ2v) is 15.3. The largest absolute Gasteiger partial charge is 0.491 e. The third-order valence-electron chi connectivity index (χ3n) is 11.0. The standard InChI is InChI=1S/C49H46ClF2N3O4/c1-2-39(40-19-16-36(51)28-43(40)50)47(34-15-20-44-35(26-34)30-53-55-44)32-13-17-38(18-14-32)59-25-24-58-23-22-57-21-4-3-6-31-9-11-33(12-10-31)49-41-7-5-8-46(56)42-27-37(52)29-45(54-49)48(41)42/h9-20,26-30,54H,2-8,21-25H2,1H3,(H,53,55)/b47-39+. The number of hydrogen-bond acceptors (Lipinski definition) is 5. The summed E-state index contributed by atoms with van der Waals surface area (Å²) in [5.74, 6) is -0.0129. The lowest BCUT2D eigenvalue weighted by Gasteiger charge is -2.18. The summed E-state index contributed by atoms with van der Waals surface area (Å²) in [6.07, 6.45) is 7.39. The normalized spacial score (nSPS) is 13.3. The van der Waals surface area contributed by atoms with Gasteiger partial charge in [0, 0.05) is 40.6 Å². The number of Topliss-reactive ketones (excluding diaryl/α,β-unsaturated/α-hetero) is 1. The van der Waals surface area contributed by atoms with Crippen molar-refractivity contribution in [1.82, 2.24) is 15.2 Å². The summed E-state index contributed by atoms with van der Waals surface area (Å²) in [6, 6.07) is 30.1. The van der Waals surface area contributed by atoms with Gasteiger partial charge >= 0.3 is 0 Å². The summed E-state index contributed by atoms with van der Waals surface area (Å²) >= 11 is 6.58. The number of carbonyl (C=O) groups is 1. The number of unbranched alkanes of at least 4 members (excludes halogenated alkanes) is 1. The Morgan fingerprint density at radius 3 is 2.36 bits per heavy atom. The number of allylic oxidation sites excluding steroid dienone is 1. The zero-order chi connectivity index (χ0) is 40.7. The van der Waals surface area contributed by atoms with E-state index in [0.717, 1.165) is 98.8 Å². The first-order valence-corrected chi connectivity index (χ1v) is 20.7.